The van der Waals surface area contributed by atoms with Crippen molar-refractivity contribution in [2.45, 2.75) is 13.5 Å². The molecule has 6 rings (SSSR count). The number of rotatable bonds is 4. The molecule has 0 spiro atoms. The fraction of sp³-hybridized carbons (Fsp3) is 0.111. The third kappa shape index (κ3) is 3.42. The molecule has 0 aliphatic rings. The Bertz CT molecular complexity index is 1780. The van der Waals surface area contributed by atoms with E-state index in [0.717, 1.165) is 22.4 Å². The van der Waals surface area contributed by atoms with Crippen LogP contribution in [0, 0.1) is 12.7 Å². The van der Waals surface area contributed by atoms with Crippen molar-refractivity contribution in [3.05, 3.63) is 107 Å². The summed E-state index contributed by atoms with van der Waals surface area (Å²) in [6.07, 6.45) is 1.70. The molecule has 0 fully saturated rings. The van der Waals surface area contributed by atoms with Crippen molar-refractivity contribution in [1.29, 1.82) is 0 Å². The maximum atomic E-state index is 14.0. The molecule has 0 radical (unpaired) electrons. The van der Waals surface area contributed by atoms with Crippen molar-refractivity contribution >= 4 is 21.9 Å². The molecule has 0 aliphatic heterocycles. The third-order valence-corrected chi connectivity index (χ3v) is 6.35. The van der Waals surface area contributed by atoms with Gasteiger partial charge in [0, 0.05) is 13.1 Å². The number of hydrogen-bond donors (Lipinski definition) is 0. The van der Waals surface area contributed by atoms with Gasteiger partial charge in [-0.1, -0.05) is 30.3 Å². The topological polar surface area (TPSA) is 70.5 Å². The van der Waals surface area contributed by atoms with Crippen LogP contribution in [0.15, 0.2) is 83.8 Å². The number of imidazole rings is 1. The Kier molecular flexibility index (Phi) is 4.81. The van der Waals surface area contributed by atoms with Crippen LogP contribution in [-0.2, 0) is 13.6 Å². The molecule has 0 saturated heterocycles. The number of aryl methyl sites for hydroxylation is 1. The summed E-state index contributed by atoms with van der Waals surface area (Å²) < 4.78 is 19.4. The summed E-state index contributed by atoms with van der Waals surface area (Å²) in [5.74, 6) is 0.686. The minimum Gasteiger partial charge on any atom is -0.330 e. The quantitative estimate of drug-likeness (QED) is 0.381. The van der Waals surface area contributed by atoms with E-state index in [1.54, 1.807) is 15.4 Å². The van der Waals surface area contributed by atoms with Gasteiger partial charge in [0.05, 0.1) is 51.6 Å². The van der Waals surface area contributed by atoms with Crippen LogP contribution in [0.2, 0.25) is 0 Å². The highest BCUT2D eigenvalue weighted by Gasteiger charge is 2.20. The van der Waals surface area contributed by atoms with Crippen molar-refractivity contribution in [3.63, 3.8) is 0 Å². The monoisotopic (exact) mass is 464 g/mol. The molecule has 3 aromatic heterocycles. The first-order chi connectivity index (χ1) is 17.0. The first kappa shape index (κ1) is 21.0. The first-order valence-electron chi connectivity index (χ1n) is 11.2. The smallest absolute Gasteiger partial charge is 0.262 e. The van der Waals surface area contributed by atoms with E-state index in [1.807, 2.05) is 73.1 Å². The molecule has 0 N–H and O–H groups in total. The van der Waals surface area contributed by atoms with Crippen LogP contribution in [0.3, 0.4) is 0 Å². The molecule has 0 aliphatic carbocycles. The predicted molar refractivity (Wildman–Crippen MR) is 133 cm³/mol. The zero-order chi connectivity index (χ0) is 24.1. The number of nitrogens with zero attached hydrogens (tertiary/aromatic N) is 6. The second kappa shape index (κ2) is 8.02. The van der Waals surface area contributed by atoms with E-state index < -0.39 is 5.82 Å². The van der Waals surface area contributed by atoms with Crippen LogP contribution < -0.4 is 5.56 Å². The fourth-order valence-electron chi connectivity index (χ4n) is 4.48. The molecular formula is C27H21FN6O. The van der Waals surface area contributed by atoms with E-state index >= 15 is 0 Å². The summed E-state index contributed by atoms with van der Waals surface area (Å²) in [4.78, 5) is 23.2. The van der Waals surface area contributed by atoms with Crippen molar-refractivity contribution in [1.82, 2.24) is 28.9 Å². The number of para-hydroxylation sites is 3. The minimum absolute atomic E-state index is 0.204. The maximum Gasteiger partial charge on any atom is 0.262 e. The van der Waals surface area contributed by atoms with Crippen molar-refractivity contribution < 1.29 is 4.39 Å². The van der Waals surface area contributed by atoms with Crippen LogP contribution in [-0.4, -0.2) is 28.9 Å². The Morgan fingerprint density at radius 3 is 2.49 bits per heavy atom. The number of aromatic nitrogens is 6. The Labute approximate surface area is 199 Å². The molecule has 35 heavy (non-hydrogen) atoms. The molecule has 7 nitrogen and oxygen atoms in total. The lowest BCUT2D eigenvalue weighted by atomic mass is 10.2. The minimum atomic E-state index is -0.444. The molecule has 0 amide bonds. The lowest BCUT2D eigenvalue weighted by molar-refractivity contribution is 0.628. The Balaban J connectivity index is 1.59. The fourth-order valence-corrected chi connectivity index (χ4v) is 4.48. The number of halogens is 1. The van der Waals surface area contributed by atoms with Gasteiger partial charge in [-0.05, 0) is 43.3 Å². The highest BCUT2D eigenvalue weighted by atomic mass is 19.1. The van der Waals surface area contributed by atoms with E-state index in [4.69, 9.17) is 9.97 Å². The van der Waals surface area contributed by atoms with Crippen LogP contribution in [0.4, 0.5) is 4.39 Å². The van der Waals surface area contributed by atoms with Gasteiger partial charge < -0.3 is 4.57 Å². The van der Waals surface area contributed by atoms with Gasteiger partial charge in [-0.25, -0.2) is 19.0 Å². The average molecular weight is 465 g/mol. The molecule has 3 aromatic carbocycles. The van der Waals surface area contributed by atoms with Crippen molar-refractivity contribution in [2.24, 2.45) is 7.05 Å². The van der Waals surface area contributed by atoms with Crippen molar-refractivity contribution in [3.8, 4) is 17.1 Å². The van der Waals surface area contributed by atoms with Gasteiger partial charge in [0.1, 0.15) is 17.5 Å². The number of benzene rings is 3. The SMILES string of the molecule is Cc1c(-c2nc3cc(F)ccc3c(=O)n2Cc2nc3ccccc3n2C)cnn1-c1ccccc1. The van der Waals surface area contributed by atoms with Crippen LogP contribution in [0.25, 0.3) is 39.0 Å². The second-order valence-corrected chi connectivity index (χ2v) is 8.45. The Morgan fingerprint density at radius 1 is 0.914 bits per heavy atom. The van der Waals surface area contributed by atoms with Gasteiger partial charge in [-0.3, -0.25) is 9.36 Å². The second-order valence-electron chi connectivity index (χ2n) is 8.45. The van der Waals surface area contributed by atoms with E-state index in [0.29, 0.717) is 28.1 Å². The molecule has 0 bridgehead atoms. The summed E-state index contributed by atoms with van der Waals surface area (Å²) in [7, 11) is 1.93. The Morgan fingerprint density at radius 2 is 1.69 bits per heavy atom. The van der Waals surface area contributed by atoms with Crippen LogP contribution in [0.5, 0.6) is 0 Å². The third-order valence-electron chi connectivity index (χ3n) is 6.35. The average Bonchev–Trinajstić information content (AvgIpc) is 3.41. The molecule has 6 aromatic rings. The maximum absolute atomic E-state index is 14.0. The summed E-state index contributed by atoms with van der Waals surface area (Å²) >= 11 is 0. The number of hydrogen-bond acceptors (Lipinski definition) is 4. The molecule has 8 heteroatoms. The van der Waals surface area contributed by atoms with Gasteiger partial charge in [0.25, 0.3) is 5.56 Å². The molecule has 3 heterocycles. The molecule has 0 saturated carbocycles. The molecule has 0 atom stereocenters. The summed E-state index contributed by atoms with van der Waals surface area (Å²) in [6.45, 7) is 2.13. The lowest BCUT2D eigenvalue weighted by Gasteiger charge is -2.14. The summed E-state index contributed by atoms with van der Waals surface area (Å²) in [5, 5.41) is 4.91. The van der Waals surface area contributed by atoms with Gasteiger partial charge in [0.15, 0.2) is 0 Å². The van der Waals surface area contributed by atoms with E-state index in [2.05, 4.69) is 5.10 Å². The van der Waals surface area contributed by atoms with Gasteiger partial charge in [-0.15, -0.1) is 0 Å². The van der Waals surface area contributed by atoms with E-state index in [9.17, 15) is 9.18 Å². The van der Waals surface area contributed by atoms with E-state index in [1.165, 1.54) is 18.2 Å². The Hall–Kier alpha value is -4.59. The van der Waals surface area contributed by atoms with Gasteiger partial charge in [0.2, 0.25) is 0 Å². The van der Waals surface area contributed by atoms with Crippen LogP contribution in [0.1, 0.15) is 11.5 Å². The lowest BCUT2D eigenvalue weighted by Crippen LogP contribution is -2.25. The predicted octanol–water partition coefficient (Wildman–Crippen LogP) is 4.63. The van der Waals surface area contributed by atoms with Gasteiger partial charge >= 0.3 is 0 Å². The first-order valence-corrected chi connectivity index (χ1v) is 11.2. The molecular weight excluding hydrogens is 443 g/mol. The van der Waals surface area contributed by atoms with Crippen LogP contribution >= 0.6 is 0 Å². The molecule has 172 valence electrons. The zero-order valence-corrected chi connectivity index (χ0v) is 19.2. The van der Waals surface area contributed by atoms with Crippen molar-refractivity contribution in [2.75, 3.05) is 0 Å². The summed E-state index contributed by atoms with van der Waals surface area (Å²) in [5.41, 5.74) is 4.27. The highest BCUT2D eigenvalue weighted by Crippen LogP contribution is 2.26. The largest absolute Gasteiger partial charge is 0.330 e. The highest BCUT2D eigenvalue weighted by molar-refractivity contribution is 5.80. The van der Waals surface area contributed by atoms with E-state index in [-0.39, 0.29) is 12.1 Å². The zero-order valence-electron chi connectivity index (χ0n) is 19.2. The van der Waals surface area contributed by atoms with Gasteiger partial charge in [-0.2, -0.15) is 5.10 Å². The molecule has 0 unspecified atom stereocenters. The summed E-state index contributed by atoms with van der Waals surface area (Å²) in [6, 6.07) is 21.6. The normalized spacial score (nSPS) is 11.5. The number of fused-ring (bicyclic) bond motifs is 2. The standard InChI is InChI=1S/C27H21FN6O/c1-17-21(15-29-34(17)19-8-4-3-5-9-19)26-31-23-14-18(28)12-13-20(23)27(35)33(26)16-25-30-22-10-6-7-11-24(22)32(25)2/h3-15H,16H2,1-2H3.